The molecule has 2 aromatic rings. The van der Waals surface area contributed by atoms with Crippen molar-refractivity contribution in [1.29, 1.82) is 0 Å². The number of H-pyrrole nitrogens is 1. The number of carbonyl (C=O) groups excluding carboxylic acids is 4. The molecule has 3 amide bonds. The molecule has 3 atom stereocenters. The molecule has 0 spiro atoms. The van der Waals surface area contributed by atoms with E-state index in [9.17, 15) is 19.2 Å². The first kappa shape index (κ1) is 27.1. The van der Waals surface area contributed by atoms with Gasteiger partial charge < -0.3 is 21.4 Å². The van der Waals surface area contributed by atoms with Gasteiger partial charge in [0.05, 0.1) is 12.5 Å². The maximum atomic E-state index is 13.2. The van der Waals surface area contributed by atoms with Gasteiger partial charge in [0.1, 0.15) is 6.04 Å². The van der Waals surface area contributed by atoms with Crippen LogP contribution in [-0.4, -0.2) is 40.6 Å². The van der Waals surface area contributed by atoms with E-state index in [1.807, 2.05) is 37.4 Å². The maximum absolute atomic E-state index is 13.2. The van der Waals surface area contributed by atoms with Gasteiger partial charge in [-0.15, -0.1) is 0 Å². The number of aromatic amines is 1. The van der Waals surface area contributed by atoms with Crippen LogP contribution < -0.4 is 16.4 Å². The Hall–Kier alpha value is -3.16. The topological polar surface area (TPSA) is 134 Å². The van der Waals surface area contributed by atoms with Crippen molar-refractivity contribution in [2.45, 2.75) is 84.2 Å². The predicted octanol–water partition coefficient (Wildman–Crippen LogP) is 3.14. The van der Waals surface area contributed by atoms with Crippen molar-refractivity contribution in [1.82, 2.24) is 15.6 Å². The van der Waals surface area contributed by atoms with Crippen LogP contribution in [0.3, 0.4) is 0 Å². The van der Waals surface area contributed by atoms with Crippen LogP contribution >= 0.6 is 0 Å². The van der Waals surface area contributed by atoms with E-state index in [0.29, 0.717) is 0 Å². The summed E-state index contributed by atoms with van der Waals surface area (Å²) >= 11 is 0. The van der Waals surface area contributed by atoms with Crippen molar-refractivity contribution in [2.24, 2.45) is 11.7 Å². The minimum absolute atomic E-state index is 0.204. The first-order valence-corrected chi connectivity index (χ1v) is 12.2. The zero-order valence-corrected chi connectivity index (χ0v) is 20.5. The van der Waals surface area contributed by atoms with Crippen molar-refractivity contribution >= 4 is 34.4 Å². The van der Waals surface area contributed by atoms with Crippen molar-refractivity contribution < 1.29 is 19.2 Å². The Kier molecular flexibility index (Phi) is 10.8. The van der Waals surface area contributed by atoms with Crippen LogP contribution in [0.25, 0.3) is 10.9 Å². The van der Waals surface area contributed by atoms with E-state index in [4.69, 9.17) is 5.73 Å². The fourth-order valence-corrected chi connectivity index (χ4v) is 4.00. The number of Topliss-reactive ketones (excluding diaryl/α,β-unsaturated/α-hetero) is 1. The van der Waals surface area contributed by atoms with Gasteiger partial charge in [-0.3, -0.25) is 19.2 Å². The summed E-state index contributed by atoms with van der Waals surface area (Å²) in [5, 5.41) is 6.44. The maximum Gasteiger partial charge on any atom is 0.243 e. The number of hydrogen-bond donors (Lipinski definition) is 4. The summed E-state index contributed by atoms with van der Waals surface area (Å²) in [4.78, 5) is 52.5. The molecular formula is C26H38N4O4. The summed E-state index contributed by atoms with van der Waals surface area (Å²) in [5.74, 6) is -2.02. The first-order valence-electron chi connectivity index (χ1n) is 12.2. The lowest BCUT2D eigenvalue weighted by molar-refractivity contribution is -0.133. The number of para-hydroxylation sites is 1. The largest absolute Gasteiger partial charge is 0.370 e. The number of nitrogens with one attached hydrogen (secondary N) is 3. The van der Waals surface area contributed by atoms with Gasteiger partial charge in [0.2, 0.25) is 17.7 Å². The number of primary amides is 1. The van der Waals surface area contributed by atoms with Gasteiger partial charge >= 0.3 is 0 Å². The SMILES string of the molecule is CCCCCCCC(C)C(=O)N[C@@H](Cc1c[nH]c2ccccc12)C(=O)NC(CC(N)=O)C(C)=O. The van der Waals surface area contributed by atoms with Crippen LogP contribution in [0, 0.1) is 5.92 Å². The van der Waals surface area contributed by atoms with Gasteiger partial charge in [-0.1, -0.05) is 64.2 Å². The highest BCUT2D eigenvalue weighted by Crippen LogP contribution is 2.20. The number of fused-ring (bicyclic) bond motifs is 1. The van der Waals surface area contributed by atoms with Crippen LogP contribution in [0.5, 0.6) is 0 Å². The normalized spacial score (nSPS) is 13.7. The Morgan fingerprint density at radius 3 is 2.32 bits per heavy atom. The van der Waals surface area contributed by atoms with E-state index in [2.05, 4.69) is 22.5 Å². The van der Waals surface area contributed by atoms with Crippen molar-refractivity contribution in [3.63, 3.8) is 0 Å². The number of hydrogen-bond acceptors (Lipinski definition) is 4. The fraction of sp³-hybridized carbons (Fsp3) is 0.538. The summed E-state index contributed by atoms with van der Waals surface area (Å²) < 4.78 is 0. The molecule has 2 unspecified atom stereocenters. The average molecular weight is 471 g/mol. The number of ketones is 1. The Labute approximate surface area is 201 Å². The number of amides is 3. The molecule has 34 heavy (non-hydrogen) atoms. The van der Waals surface area contributed by atoms with E-state index >= 15 is 0 Å². The zero-order valence-electron chi connectivity index (χ0n) is 20.5. The molecule has 0 aliphatic rings. The Morgan fingerprint density at radius 2 is 1.65 bits per heavy atom. The fourth-order valence-electron chi connectivity index (χ4n) is 4.00. The van der Waals surface area contributed by atoms with Crippen LogP contribution in [0.2, 0.25) is 0 Å². The van der Waals surface area contributed by atoms with Gasteiger partial charge in [0, 0.05) is 29.4 Å². The molecule has 0 aliphatic carbocycles. The molecule has 0 radical (unpaired) electrons. The van der Waals surface area contributed by atoms with Gasteiger partial charge in [0.15, 0.2) is 5.78 Å². The monoisotopic (exact) mass is 470 g/mol. The minimum Gasteiger partial charge on any atom is -0.370 e. The highest BCUT2D eigenvalue weighted by Gasteiger charge is 2.28. The molecule has 0 bridgehead atoms. The lowest BCUT2D eigenvalue weighted by atomic mass is 9.99. The second-order valence-corrected chi connectivity index (χ2v) is 9.07. The Morgan fingerprint density at radius 1 is 0.971 bits per heavy atom. The standard InChI is InChI=1S/C26H38N4O4/c1-4-5-6-7-8-11-17(2)25(33)30-23(26(34)29-22(18(3)31)15-24(27)32)14-19-16-28-21-13-10-9-12-20(19)21/h9-10,12-13,16-17,22-23,28H,4-8,11,14-15H2,1-3H3,(H2,27,32)(H,29,34)(H,30,33)/t17?,22?,23-/m0/s1. The number of unbranched alkanes of at least 4 members (excludes halogenated alkanes) is 4. The lowest BCUT2D eigenvalue weighted by Gasteiger charge is -2.23. The van der Waals surface area contributed by atoms with E-state index in [1.165, 1.54) is 13.3 Å². The Balaban J connectivity index is 2.14. The molecule has 5 N–H and O–H groups in total. The molecular weight excluding hydrogens is 432 g/mol. The van der Waals surface area contributed by atoms with E-state index < -0.39 is 23.9 Å². The van der Waals surface area contributed by atoms with Gasteiger partial charge in [-0.2, -0.15) is 0 Å². The number of benzene rings is 1. The van der Waals surface area contributed by atoms with Crippen LogP contribution in [-0.2, 0) is 25.6 Å². The quantitative estimate of drug-likeness (QED) is 0.297. The number of nitrogens with two attached hydrogens (primary N) is 1. The highest BCUT2D eigenvalue weighted by molar-refractivity contribution is 5.95. The minimum atomic E-state index is -1.02. The summed E-state index contributed by atoms with van der Waals surface area (Å²) in [6.45, 7) is 5.32. The van der Waals surface area contributed by atoms with E-state index in [1.54, 1.807) is 0 Å². The first-order chi connectivity index (χ1) is 16.2. The summed E-state index contributed by atoms with van der Waals surface area (Å²) in [5.41, 5.74) is 7.04. The third kappa shape index (κ3) is 8.32. The van der Waals surface area contributed by atoms with Crippen molar-refractivity contribution in [3.05, 3.63) is 36.0 Å². The lowest BCUT2D eigenvalue weighted by Crippen LogP contribution is -2.53. The molecule has 8 nitrogen and oxygen atoms in total. The Bertz CT molecular complexity index is 984. The number of carbonyl (C=O) groups is 4. The molecule has 2 rings (SSSR count). The molecule has 0 aliphatic heterocycles. The van der Waals surface area contributed by atoms with Crippen molar-refractivity contribution in [3.8, 4) is 0 Å². The molecule has 0 saturated heterocycles. The van der Waals surface area contributed by atoms with Crippen LogP contribution in [0.15, 0.2) is 30.5 Å². The molecule has 1 heterocycles. The van der Waals surface area contributed by atoms with E-state index in [0.717, 1.165) is 48.6 Å². The summed E-state index contributed by atoms with van der Waals surface area (Å²) in [6.07, 6.45) is 8.07. The second kappa shape index (κ2) is 13.5. The molecule has 186 valence electrons. The van der Waals surface area contributed by atoms with Gasteiger partial charge in [0.25, 0.3) is 0 Å². The average Bonchev–Trinajstić information content (AvgIpc) is 3.20. The number of aromatic nitrogens is 1. The van der Waals surface area contributed by atoms with Crippen LogP contribution in [0.1, 0.15) is 71.3 Å². The van der Waals surface area contributed by atoms with Gasteiger partial charge in [-0.25, -0.2) is 0 Å². The highest BCUT2D eigenvalue weighted by atomic mass is 16.2. The third-order valence-electron chi connectivity index (χ3n) is 6.13. The zero-order chi connectivity index (χ0) is 25.1. The molecule has 0 saturated carbocycles. The molecule has 1 aromatic carbocycles. The smallest absolute Gasteiger partial charge is 0.243 e. The molecule has 1 aromatic heterocycles. The van der Waals surface area contributed by atoms with Crippen LogP contribution in [0.4, 0.5) is 0 Å². The second-order valence-electron chi connectivity index (χ2n) is 9.07. The van der Waals surface area contributed by atoms with Gasteiger partial charge in [-0.05, 0) is 25.0 Å². The number of rotatable bonds is 15. The molecule has 8 heteroatoms. The predicted molar refractivity (Wildman–Crippen MR) is 133 cm³/mol. The van der Waals surface area contributed by atoms with Crippen molar-refractivity contribution in [2.75, 3.05) is 0 Å². The summed E-state index contributed by atoms with van der Waals surface area (Å²) in [6, 6.07) is 5.78. The third-order valence-corrected chi connectivity index (χ3v) is 6.13. The summed E-state index contributed by atoms with van der Waals surface area (Å²) in [7, 11) is 0. The molecule has 0 fully saturated rings. The van der Waals surface area contributed by atoms with E-state index in [-0.39, 0.29) is 30.4 Å².